The van der Waals surface area contributed by atoms with Crippen molar-refractivity contribution in [2.24, 2.45) is 0 Å². The summed E-state index contributed by atoms with van der Waals surface area (Å²) in [6.07, 6.45) is 5.90. The molecule has 0 nitrogen and oxygen atoms in total. The van der Waals surface area contributed by atoms with Gasteiger partial charge in [-0.3, -0.25) is 0 Å². The van der Waals surface area contributed by atoms with Crippen LogP contribution in [0.15, 0.2) is 25.3 Å². The van der Waals surface area contributed by atoms with Crippen LogP contribution in [0, 0.1) is 0 Å². The van der Waals surface area contributed by atoms with Gasteiger partial charge in [-0.15, -0.1) is 13.2 Å². The summed E-state index contributed by atoms with van der Waals surface area (Å²) in [5, 5.41) is 0. The Morgan fingerprint density at radius 1 is 0.727 bits per heavy atom. The molecule has 0 aromatic rings. The van der Waals surface area contributed by atoms with Crippen molar-refractivity contribution < 1.29 is 70.7 Å². The first-order valence-corrected chi connectivity index (χ1v) is 2.13. The Morgan fingerprint density at radius 2 is 0.909 bits per heavy atom. The predicted molar refractivity (Wildman–Crippen MR) is 29.6 cm³/mol. The van der Waals surface area contributed by atoms with Gasteiger partial charge >= 0.3 is 21.1 Å². The molecule has 5 heteroatoms. The summed E-state index contributed by atoms with van der Waals surface area (Å²) in [5.41, 5.74) is 0. The molecule has 0 rings (SSSR count). The largest absolute Gasteiger partial charge is 4.00 e. The maximum Gasteiger partial charge on any atom is 4.00 e. The molecule has 0 amide bonds. The molecule has 0 saturated heterocycles. The van der Waals surface area contributed by atoms with Crippen molar-refractivity contribution in [2.45, 2.75) is 12.8 Å². The first-order valence-electron chi connectivity index (χ1n) is 2.13. The van der Waals surface area contributed by atoms with E-state index in [0.29, 0.717) is 0 Å². The van der Waals surface area contributed by atoms with Gasteiger partial charge in [0, 0.05) is 0 Å². The predicted octanol–water partition coefficient (Wildman–Crippen LogP) is -9.85. The van der Waals surface area contributed by atoms with E-state index in [-0.39, 0.29) is 70.7 Å². The molecule has 0 saturated carbocycles. The van der Waals surface area contributed by atoms with E-state index in [1.165, 1.54) is 0 Å². The minimum absolute atomic E-state index is 0. The summed E-state index contributed by atoms with van der Waals surface area (Å²) in [7, 11) is 0. The Balaban J connectivity index is -0.0000000125. The number of unbranched alkanes of at least 4 members (excludes halogenated alkanes) is 1. The molecule has 72 valence electrons. The van der Waals surface area contributed by atoms with E-state index in [9.17, 15) is 0 Å². The van der Waals surface area contributed by atoms with E-state index < -0.39 is 0 Å². The molecule has 0 unspecified atom stereocenters. The molecule has 0 atom stereocenters. The second kappa shape index (κ2) is 42.6. The molecule has 0 fully saturated rings. The quantitative estimate of drug-likeness (QED) is 0.315. The Labute approximate surface area is 108 Å². The van der Waals surface area contributed by atoms with E-state index in [2.05, 4.69) is 13.2 Å². The van der Waals surface area contributed by atoms with Crippen molar-refractivity contribution in [2.75, 3.05) is 0 Å². The average molecular weight is 419 g/mol. The van der Waals surface area contributed by atoms with Crippen molar-refractivity contribution in [3.63, 3.8) is 0 Å². The zero-order valence-corrected chi connectivity index (χ0v) is 11.1. The molecule has 0 aliphatic carbocycles. The molecule has 0 aromatic carbocycles. The van der Waals surface area contributed by atoms with Gasteiger partial charge in [0.05, 0.1) is 0 Å². The van der Waals surface area contributed by atoms with Crippen molar-refractivity contribution in [1.29, 1.82) is 0 Å². The Morgan fingerprint density at radius 3 is 1.00 bits per heavy atom. The summed E-state index contributed by atoms with van der Waals surface area (Å²) >= 11 is 0. The fourth-order valence-corrected chi connectivity index (χ4v) is 0.236. The van der Waals surface area contributed by atoms with Crippen LogP contribution in [0.3, 0.4) is 0 Å². The monoisotopic (exact) mass is 417 g/mol. The third-order valence-corrected chi connectivity index (χ3v) is 0.575. The van der Waals surface area contributed by atoms with Gasteiger partial charge in [0.1, 0.15) is 0 Å². The van der Waals surface area contributed by atoms with Crippen LogP contribution >= 0.6 is 0 Å². The number of hydrogen-bond donors (Lipinski definition) is 0. The summed E-state index contributed by atoms with van der Waals surface area (Å²) in [6, 6.07) is 0. The molecule has 11 heavy (non-hydrogen) atoms. The molecule has 0 N–H and O–H groups in total. The van der Waals surface area contributed by atoms with Crippen LogP contribution in [-0.4, -0.2) is 0 Å². The molecular weight excluding hydrogens is 409 g/mol. The van der Waals surface area contributed by atoms with Crippen LogP contribution in [0.25, 0.3) is 0 Å². The van der Waals surface area contributed by atoms with E-state index in [1.807, 2.05) is 12.2 Å². The first-order chi connectivity index (χ1) is 2.91. The third kappa shape index (κ3) is 52.6. The molecule has 0 aromatic heterocycles. The maximum atomic E-state index is 3.55. The van der Waals surface area contributed by atoms with Gasteiger partial charge in [-0.1, -0.05) is 12.2 Å². The van der Waals surface area contributed by atoms with Crippen molar-refractivity contribution in [3.05, 3.63) is 25.3 Å². The van der Waals surface area contributed by atoms with E-state index in [1.54, 1.807) is 0 Å². The average Bonchev–Trinajstić information content (AvgIpc) is 1.61. The maximum absolute atomic E-state index is 3.55. The SMILES string of the molecule is C=CCCC=C.[Cl-].[Cl-].[Cl-].[Cl-].[Pt+4]. The zero-order chi connectivity index (χ0) is 4.83. The number of hydrogen-bond acceptors (Lipinski definition) is 0. The fraction of sp³-hybridized carbons (Fsp3) is 0.333. The van der Waals surface area contributed by atoms with Crippen molar-refractivity contribution >= 4 is 0 Å². The summed E-state index contributed by atoms with van der Waals surface area (Å²) in [5.74, 6) is 0. The normalized spacial score (nSPS) is 4.00. The molecule has 0 bridgehead atoms. The van der Waals surface area contributed by atoms with E-state index >= 15 is 0 Å². The smallest absolute Gasteiger partial charge is 1.00 e. The van der Waals surface area contributed by atoms with Gasteiger partial charge in [0.25, 0.3) is 0 Å². The summed E-state index contributed by atoms with van der Waals surface area (Å²) < 4.78 is 0. The standard InChI is InChI=1S/C6H10.4ClH.Pt/c1-3-5-6-4-2;;;;;/h3-4H,1-2,5-6H2;4*1H;/q;;;;;+4/p-4. The van der Waals surface area contributed by atoms with Crippen LogP contribution in [0.2, 0.25) is 0 Å². The van der Waals surface area contributed by atoms with Gasteiger partial charge in [-0.05, 0) is 12.8 Å². The Bertz CT molecular complexity index is 50.5. The summed E-state index contributed by atoms with van der Waals surface area (Å²) in [6.45, 7) is 7.10. The molecule has 0 heterocycles. The number of allylic oxidation sites excluding steroid dienone is 2. The Hall–Kier alpha value is 1.33. The van der Waals surface area contributed by atoms with Crippen molar-refractivity contribution in [3.8, 4) is 0 Å². The minimum Gasteiger partial charge on any atom is -1.00 e. The molecular formula is C6H10Cl4Pt. The second-order valence-corrected chi connectivity index (χ2v) is 1.15. The van der Waals surface area contributed by atoms with Gasteiger partial charge in [0.2, 0.25) is 0 Å². The molecule has 0 radical (unpaired) electrons. The van der Waals surface area contributed by atoms with E-state index in [0.717, 1.165) is 12.8 Å². The minimum atomic E-state index is 0. The van der Waals surface area contributed by atoms with Crippen LogP contribution in [0.1, 0.15) is 12.8 Å². The topological polar surface area (TPSA) is 0 Å². The van der Waals surface area contributed by atoms with Gasteiger partial charge in [0.15, 0.2) is 0 Å². The van der Waals surface area contributed by atoms with Crippen molar-refractivity contribution in [1.82, 2.24) is 0 Å². The Kier molecular flexibility index (Phi) is 153. The molecule has 0 aliphatic rings. The second-order valence-electron chi connectivity index (χ2n) is 1.15. The van der Waals surface area contributed by atoms with Crippen LogP contribution in [-0.2, 0) is 21.1 Å². The molecule has 0 aliphatic heterocycles. The first kappa shape index (κ1) is 39.5. The fourth-order valence-electron chi connectivity index (χ4n) is 0.236. The number of rotatable bonds is 3. The van der Waals surface area contributed by atoms with Gasteiger partial charge < -0.3 is 49.6 Å². The van der Waals surface area contributed by atoms with E-state index in [4.69, 9.17) is 0 Å². The van der Waals surface area contributed by atoms with Crippen LogP contribution in [0.5, 0.6) is 0 Å². The summed E-state index contributed by atoms with van der Waals surface area (Å²) in [4.78, 5) is 0. The number of halogens is 4. The zero-order valence-electron chi connectivity index (χ0n) is 5.81. The molecule has 0 spiro atoms. The van der Waals surface area contributed by atoms with Crippen LogP contribution < -0.4 is 49.6 Å². The third-order valence-electron chi connectivity index (χ3n) is 0.575. The van der Waals surface area contributed by atoms with Crippen LogP contribution in [0.4, 0.5) is 0 Å². The van der Waals surface area contributed by atoms with Gasteiger partial charge in [-0.2, -0.15) is 0 Å². The van der Waals surface area contributed by atoms with Gasteiger partial charge in [-0.25, -0.2) is 0 Å².